The Morgan fingerprint density at radius 1 is 1.50 bits per heavy atom. The molecule has 1 aromatic carbocycles. The standard InChI is InChI=1S/C13H19BrN2/c1-4-16(8-10(2)3)9-11-5-6-12(14)7-13(11)15/h5-7H,2,4,8-9,15H2,1,3H3. The van der Waals surface area contributed by atoms with Gasteiger partial charge in [-0.25, -0.2) is 0 Å². The van der Waals surface area contributed by atoms with Gasteiger partial charge >= 0.3 is 0 Å². The Bertz CT molecular complexity index is 374. The van der Waals surface area contributed by atoms with E-state index in [1.165, 1.54) is 11.1 Å². The van der Waals surface area contributed by atoms with Gasteiger partial charge in [0.2, 0.25) is 0 Å². The van der Waals surface area contributed by atoms with Gasteiger partial charge < -0.3 is 5.73 Å². The average molecular weight is 283 g/mol. The minimum atomic E-state index is 0.842. The molecule has 0 unspecified atom stereocenters. The van der Waals surface area contributed by atoms with Crippen LogP contribution in [0.1, 0.15) is 19.4 Å². The highest BCUT2D eigenvalue weighted by Crippen LogP contribution is 2.20. The Hall–Kier alpha value is -0.800. The zero-order valence-corrected chi connectivity index (χ0v) is 11.5. The maximum absolute atomic E-state index is 5.98. The summed E-state index contributed by atoms with van der Waals surface area (Å²) in [5, 5.41) is 0. The largest absolute Gasteiger partial charge is 0.398 e. The first-order chi connectivity index (χ1) is 7.52. The van der Waals surface area contributed by atoms with Crippen molar-refractivity contribution in [2.45, 2.75) is 20.4 Å². The molecule has 0 aliphatic rings. The number of nitrogens with zero attached hydrogens (tertiary/aromatic N) is 1. The lowest BCUT2D eigenvalue weighted by Crippen LogP contribution is -2.24. The Morgan fingerprint density at radius 2 is 2.19 bits per heavy atom. The number of nitrogens with two attached hydrogens (primary N) is 1. The van der Waals surface area contributed by atoms with Crippen LogP contribution in [0.5, 0.6) is 0 Å². The number of anilines is 1. The molecule has 2 N–H and O–H groups in total. The first-order valence-corrected chi connectivity index (χ1v) is 6.23. The Labute approximate surface area is 106 Å². The van der Waals surface area contributed by atoms with E-state index in [2.05, 4.69) is 40.4 Å². The van der Waals surface area contributed by atoms with Crippen molar-refractivity contribution >= 4 is 21.6 Å². The summed E-state index contributed by atoms with van der Waals surface area (Å²) >= 11 is 3.41. The fourth-order valence-corrected chi connectivity index (χ4v) is 1.99. The van der Waals surface area contributed by atoms with Crippen LogP contribution in [0.4, 0.5) is 5.69 Å². The van der Waals surface area contributed by atoms with Crippen LogP contribution in [0.15, 0.2) is 34.8 Å². The molecule has 0 atom stereocenters. The molecule has 88 valence electrons. The molecule has 0 aliphatic heterocycles. The molecular weight excluding hydrogens is 264 g/mol. The fraction of sp³-hybridized carbons (Fsp3) is 0.385. The van der Waals surface area contributed by atoms with Gasteiger partial charge in [-0.1, -0.05) is 41.1 Å². The smallest absolute Gasteiger partial charge is 0.0371 e. The van der Waals surface area contributed by atoms with E-state index in [-0.39, 0.29) is 0 Å². The molecule has 0 spiro atoms. The number of hydrogen-bond donors (Lipinski definition) is 1. The Morgan fingerprint density at radius 3 is 2.69 bits per heavy atom. The number of likely N-dealkylation sites (N-methyl/N-ethyl adjacent to an activating group) is 1. The molecule has 0 amide bonds. The predicted octanol–water partition coefficient (Wildman–Crippen LogP) is 3.43. The van der Waals surface area contributed by atoms with Gasteiger partial charge in [-0.05, 0) is 31.2 Å². The first kappa shape index (κ1) is 13.3. The quantitative estimate of drug-likeness (QED) is 0.662. The third-order valence-electron chi connectivity index (χ3n) is 2.44. The Kier molecular flexibility index (Phi) is 5.03. The first-order valence-electron chi connectivity index (χ1n) is 5.43. The maximum Gasteiger partial charge on any atom is 0.0371 e. The molecule has 0 aliphatic carbocycles. The van der Waals surface area contributed by atoms with E-state index in [4.69, 9.17) is 5.73 Å². The lowest BCUT2D eigenvalue weighted by molar-refractivity contribution is 0.305. The molecule has 2 nitrogen and oxygen atoms in total. The second-order valence-corrected chi connectivity index (χ2v) is 5.02. The maximum atomic E-state index is 5.98. The summed E-state index contributed by atoms with van der Waals surface area (Å²) in [6.07, 6.45) is 0. The van der Waals surface area contributed by atoms with E-state index >= 15 is 0 Å². The number of nitrogen functional groups attached to an aromatic ring is 1. The van der Waals surface area contributed by atoms with Gasteiger partial charge in [-0.3, -0.25) is 4.90 Å². The second kappa shape index (κ2) is 6.06. The summed E-state index contributed by atoms with van der Waals surface area (Å²) < 4.78 is 1.02. The number of rotatable bonds is 5. The van der Waals surface area contributed by atoms with E-state index in [9.17, 15) is 0 Å². The highest BCUT2D eigenvalue weighted by molar-refractivity contribution is 9.10. The van der Waals surface area contributed by atoms with Crippen LogP contribution in [0, 0.1) is 0 Å². The van der Waals surface area contributed by atoms with Gasteiger partial charge in [0.15, 0.2) is 0 Å². The summed E-state index contributed by atoms with van der Waals surface area (Å²) in [6.45, 7) is 10.9. The van der Waals surface area contributed by atoms with Crippen molar-refractivity contribution in [2.24, 2.45) is 0 Å². The van der Waals surface area contributed by atoms with E-state index in [0.717, 1.165) is 29.8 Å². The van der Waals surface area contributed by atoms with E-state index in [1.807, 2.05) is 19.1 Å². The van der Waals surface area contributed by atoms with Crippen LogP contribution in [-0.4, -0.2) is 18.0 Å². The zero-order valence-electron chi connectivity index (χ0n) is 9.96. The van der Waals surface area contributed by atoms with Crippen molar-refractivity contribution in [1.29, 1.82) is 0 Å². The Balaban J connectivity index is 2.73. The highest BCUT2D eigenvalue weighted by atomic mass is 79.9. The van der Waals surface area contributed by atoms with Crippen LogP contribution < -0.4 is 5.73 Å². The van der Waals surface area contributed by atoms with E-state index < -0.39 is 0 Å². The van der Waals surface area contributed by atoms with Crippen molar-refractivity contribution in [3.8, 4) is 0 Å². The third kappa shape index (κ3) is 3.99. The molecule has 0 saturated heterocycles. The molecule has 0 saturated carbocycles. The predicted molar refractivity (Wildman–Crippen MR) is 74.3 cm³/mol. The molecule has 0 aromatic heterocycles. The average Bonchev–Trinajstić information content (AvgIpc) is 2.20. The molecule has 0 bridgehead atoms. The minimum absolute atomic E-state index is 0.842. The van der Waals surface area contributed by atoms with Gasteiger partial charge in [0.25, 0.3) is 0 Å². The van der Waals surface area contributed by atoms with E-state index in [0.29, 0.717) is 0 Å². The summed E-state index contributed by atoms with van der Waals surface area (Å²) in [5.74, 6) is 0. The SMILES string of the molecule is C=C(C)CN(CC)Cc1ccc(Br)cc1N. The normalized spacial score (nSPS) is 10.8. The molecule has 0 fully saturated rings. The van der Waals surface area contributed by atoms with Crippen LogP contribution >= 0.6 is 15.9 Å². The molecule has 1 aromatic rings. The number of hydrogen-bond acceptors (Lipinski definition) is 2. The lowest BCUT2D eigenvalue weighted by atomic mass is 10.1. The van der Waals surface area contributed by atoms with Gasteiger partial charge in [0, 0.05) is 23.2 Å². The van der Waals surface area contributed by atoms with Crippen molar-refractivity contribution in [1.82, 2.24) is 4.90 Å². The van der Waals surface area contributed by atoms with Crippen molar-refractivity contribution in [3.63, 3.8) is 0 Å². The summed E-state index contributed by atoms with van der Waals surface area (Å²) in [6, 6.07) is 6.05. The third-order valence-corrected chi connectivity index (χ3v) is 2.94. The lowest BCUT2D eigenvalue weighted by Gasteiger charge is -2.21. The van der Waals surface area contributed by atoms with Crippen molar-refractivity contribution in [2.75, 3.05) is 18.8 Å². The van der Waals surface area contributed by atoms with Crippen LogP contribution in [0.3, 0.4) is 0 Å². The topological polar surface area (TPSA) is 29.3 Å². The molecule has 3 heteroatoms. The van der Waals surface area contributed by atoms with Gasteiger partial charge in [0.1, 0.15) is 0 Å². The monoisotopic (exact) mass is 282 g/mol. The summed E-state index contributed by atoms with van der Waals surface area (Å²) in [5.41, 5.74) is 9.17. The summed E-state index contributed by atoms with van der Waals surface area (Å²) in [4.78, 5) is 2.32. The molecule has 1 rings (SSSR count). The minimum Gasteiger partial charge on any atom is -0.398 e. The molecule has 0 heterocycles. The fourth-order valence-electron chi connectivity index (χ4n) is 1.61. The van der Waals surface area contributed by atoms with Crippen LogP contribution in [-0.2, 0) is 6.54 Å². The van der Waals surface area contributed by atoms with Crippen molar-refractivity contribution in [3.05, 3.63) is 40.4 Å². The molecule has 0 radical (unpaired) electrons. The molecule has 16 heavy (non-hydrogen) atoms. The van der Waals surface area contributed by atoms with Gasteiger partial charge in [0.05, 0.1) is 0 Å². The second-order valence-electron chi connectivity index (χ2n) is 4.10. The highest BCUT2D eigenvalue weighted by Gasteiger charge is 2.06. The molecular formula is C13H19BrN2. The van der Waals surface area contributed by atoms with Crippen LogP contribution in [0.25, 0.3) is 0 Å². The number of benzene rings is 1. The van der Waals surface area contributed by atoms with E-state index in [1.54, 1.807) is 0 Å². The summed E-state index contributed by atoms with van der Waals surface area (Å²) in [7, 11) is 0. The van der Waals surface area contributed by atoms with Gasteiger partial charge in [-0.15, -0.1) is 0 Å². The van der Waals surface area contributed by atoms with Crippen molar-refractivity contribution < 1.29 is 0 Å². The number of halogens is 1. The zero-order chi connectivity index (χ0) is 12.1. The van der Waals surface area contributed by atoms with Crippen LogP contribution in [0.2, 0.25) is 0 Å². The van der Waals surface area contributed by atoms with Gasteiger partial charge in [-0.2, -0.15) is 0 Å².